The summed E-state index contributed by atoms with van der Waals surface area (Å²) in [6.07, 6.45) is 6.79. The van der Waals surface area contributed by atoms with Crippen LogP contribution in [0.1, 0.15) is 38.5 Å². The molecular weight excluding hydrogens is 184 g/mol. The highest BCUT2D eigenvalue weighted by molar-refractivity contribution is 5.18. The maximum absolute atomic E-state index is 9.39. The molecule has 78 valence electrons. The van der Waals surface area contributed by atoms with Crippen molar-refractivity contribution in [3.8, 4) is 12.1 Å². The van der Waals surface area contributed by atoms with E-state index in [0.29, 0.717) is 12.3 Å². The van der Waals surface area contributed by atoms with Gasteiger partial charge in [0.15, 0.2) is 0 Å². The fraction of sp³-hybridized carbons (Fsp3) is 0.846. The average molecular weight is 200 g/mol. The summed E-state index contributed by atoms with van der Waals surface area (Å²) < 4.78 is 0. The van der Waals surface area contributed by atoms with Crippen LogP contribution in [-0.4, -0.2) is 0 Å². The zero-order valence-corrected chi connectivity index (χ0v) is 8.95. The van der Waals surface area contributed by atoms with E-state index in [1.807, 2.05) is 0 Å². The number of nitrogens with zero attached hydrogens (tertiary/aromatic N) is 2. The molecular formula is C13H16N2. The van der Waals surface area contributed by atoms with Gasteiger partial charge < -0.3 is 0 Å². The second-order valence-electron chi connectivity index (χ2n) is 5.67. The highest BCUT2D eigenvalue weighted by Gasteiger charge is 2.61. The summed E-state index contributed by atoms with van der Waals surface area (Å²) >= 11 is 0. The molecule has 3 rings (SSSR count). The molecule has 3 aliphatic rings. The lowest BCUT2D eigenvalue weighted by molar-refractivity contribution is 0.137. The van der Waals surface area contributed by atoms with E-state index in [1.165, 1.54) is 25.7 Å². The van der Waals surface area contributed by atoms with Crippen LogP contribution in [0.4, 0.5) is 0 Å². The van der Waals surface area contributed by atoms with E-state index in [9.17, 15) is 5.26 Å². The van der Waals surface area contributed by atoms with Crippen LogP contribution in [-0.2, 0) is 0 Å². The van der Waals surface area contributed by atoms with Gasteiger partial charge in [-0.25, -0.2) is 0 Å². The second kappa shape index (κ2) is 2.99. The molecule has 3 fully saturated rings. The third-order valence-corrected chi connectivity index (χ3v) is 5.26. The van der Waals surface area contributed by atoms with Crippen LogP contribution in [0.15, 0.2) is 0 Å². The smallest absolute Gasteiger partial charge is 0.0737 e. The van der Waals surface area contributed by atoms with Crippen LogP contribution in [0, 0.1) is 51.7 Å². The van der Waals surface area contributed by atoms with Gasteiger partial charge in [-0.3, -0.25) is 0 Å². The molecule has 0 N–H and O–H groups in total. The zero-order valence-electron chi connectivity index (χ0n) is 8.95. The van der Waals surface area contributed by atoms with E-state index in [-0.39, 0.29) is 5.41 Å². The first kappa shape index (κ1) is 9.22. The fourth-order valence-electron chi connectivity index (χ4n) is 4.78. The van der Waals surface area contributed by atoms with Gasteiger partial charge in [-0.2, -0.15) is 10.5 Å². The van der Waals surface area contributed by atoms with Gasteiger partial charge in [0.1, 0.15) is 0 Å². The summed E-state index contributed by atoms with van der Waals surface area (Å²) in [4.78, 5) is 0. The minimum Gasteiger partial charge on any atom is -0.198 e. The zero-order chi connectivity index (χ0) is 10.5. The van der Waals surface area contributed by atoms with E-state index in [4.69, 9.17) is 5.26 Å². The Morgan fingerprint density at radius 1 is 1.20 bits per heavy atom. The number of nitriles is 2. The highest BCUT2D eigenvalue weighted by Crippen LogP contribution is 2.66. The van der Waals surface area contributed by atoms with E-state index >= 15 is 0 Å². The molecule has 2 bridgehead atoms. The summed E-state index contributed by atoms with van der Waals surface area (Å²) in [7, 11) is 0. The van der Waals surface area contributed by atoms with E-state index in [1.54, 1.807) is 0 Å². The van der Waals surface area contributed by atoms with Crippen molar-refractivity contribution in [3.63, 3.8) is 0 Å². The molecule has 0 aromatic rings. The van der Waals surface area contributed by atoms with E-state index in [0.717, 1.165) is 24.2 Å². The van der Waals surface area contributed by atoms with Crippen molar-refractivity contribution in [1.82, 2.24) is 0 Å². The fourth-order valence-corrected chi connectivity index (χ4v) is 4.78. The molecule has 0 aliphatic heterocycles. The Hall–Kier alpha value is -1.02. The van der Waals surface area contributed by atoms with Gasteiger partial charge in [-0.1, -0.05) is 6.42 Å². The number of hydrogen-bond acceptors (Lipinski definition) is 2. The van der Waals surface area contributed by atoms with Crippen molar-refractivity contribution >= 4 is 0 Å². The molecule has 2 nitrogen and oxygen atoms in total. The molecule has 0 aromatic heterocycles. The molecule has 0 aromatic carbocycles. The maximum Gasteiger partial charge on any atom is 0.0737 e. The standard InChI is InChI=1S/C13H16N2/c14-5-4-13(8-15)7-9-6-12(13)11-3-1-2-10(9)11/h9-12H,1-4,6-7H2/t9-,10-,11-,12+,13-/m1/s1. The van der Waals surface area contributed by atoms with E-state index in [2.05, 4.69) is 12.1 Å². The van der Waals surface area contributed by atoms with Gasteiger partial charge >= 0.3 is 0 Å². The second-order valence-corrected chi connectivity index (χ2v) is 5.67. The molecule has 5 atom stereocenters. The molecule has 0 unspecified atom stereocenters. The average Bonchev–Trinajstić information content (AvgIpc) is 2.87. The van der Waals surface area contributed by atoms with Crippen molar-refractivity contribution in [2.24, 2.45) is 29.1 Å². The van der Waals surface area contributed by atoms with Crippen LogP contribution in [0.2, 0.25) is 0 Å². The van der Waals surface area contributed by atoms with E-state index < -0.39 is 0 Å². The maximum atomic E-state index is 9.39. The Morgan fingerprint density at radius 3 is 2.73 bits per heavy atom. The first-order chi connectivity index (χ1) is 7.30. The molecule has 0 amide bonds. The lowest BCUT2D eigenvalue weighted by Gasteiger charge is -2.36. The third kappa shape index (κ3) is 1.03. The van der Waals surface area contributed by atoms with Crippen molar-refractivity contribution in [2.45, 2.75) is 38.5 Å². The van der Waals surface area contributed by atoms with Crippen molar-refractivity contribution in [2.75, 3.05) is 0 Å². The highest BCUT2D eigenvalue weighted by atomic mass is 14.6. The van der Waals surface area contributed by atoms with Crippen LogP contribution < -0.4 is 0 Å². The van der Waals surface area contributed by atoms with Crippen LogP contribution in [0.5, 0.6) is 0 Å². The topological polar surface area (TPSA) is 47.6 Å². The largest absolute Gasteiger partial charge is 0.198 e. The molecule has 3 aliphatic carbocycles. The molecule has 15 heavy (non-hydrogen) atoms. The Balaban J connectivity index is 1.92. The normalized spacial score (nSPS) is 51.1. The Labute approximate surface area is 90.9 Å². The molecule has 0 heterocycles. The van der Waals surface area contributed by atoms with Crippen molar-refractivity contribution < 1.29 is 0 Å². The summed E-state index contributed by atoms with van der Waals surface area (Å²) in [5, 5.41) is 18.3. The lowest BCUT2D eigenvalue weighted by atomic mass is 9.65. The predicted octanol–water partition coefficient (Wildman–Crippen LogP) is 2.87. The summed E-state index contributed by atoms with van der Waals surface area (Å²) in [6, 6.07) is 4.74. The predicted molar refractivity (Wildman–Crippen MR) is 55.3 cm³/mol. The Bertz CT molecular complexity index is 362. The summed E-state index contributed by atoms with van der Waals surface area (Å²) in [5.74, 6) is 3.03. The first-order valence-electron chi connectivity index (χ1n) is 6.09. The van der Waals surface area contributed by atoms with Gasteiger partial charge in [0, 0.05) is 0 Å². The van der Waals surface area contributed by atoms with Gasteiger partial charge in [0.05, 0.1) is 24.0 Å². The van der Waals surface area contributed by atoms with Gasteiger partial charge in [0.25, 0.3) is 0 Å². The van der Waals surface area contributed by atoms with Crippen LogP contribution in [0.25, 0.3) is 0 Å². The molecule has 0 saturated heterocycles. The minimum atomic E-state index is -0.259. The van der Waals surface area contributed by atoms with Gasteiger partial charge in [-0.05, 0) is 49.4 Å². The summed E-state index contributed by atoms with van der Waals surface area (Å²) in [6.45, 7) is 0. The first-order valence-corrected chi connectivity index (χ1v) is 6.09. The Morgan fingerprint density at radius 2 is 2.00 bits per heavy atom. The SMILES string of the molecule is N#CC[C@]1(C#N)C[C@H]2C[C@H]1[C@@H]1CCC[C@H]21. The molecule has 3 saturated carbocycles. The summed E-state index contributed by atoms with van der Waals surface area (Å²) in [5.41, 5.74) is -0.259. The monoisotopic (exact) mass is 200 g/mol. The van der Waals surface area contributed by atoms with Crippen LogP contribution >= 0.6 is 0 Å². The van der Waals surface area contributed by atoms with Crippen LogP contribution in [0.3, 0.4) is 0 Å². The third-order valence-electron chi connectivity index (χ3n) is 5.26. The Kier molecular flexibility index (Phi) is 1.84. The number of rotatable bonds is 1. The van der Waals surface area contributed by atoms with Gasteiger partial charge in [0.2, 0.25) is 0 Å². The molecule has 0 radical (unpaired) electrons. The van der Waals surface area contributed by atoms with Crippen molar-refractivity contribution in [3.05, 3.63) is 0 Å². The quantitative estimate of drug-likeness (QED) is 0.653. The van der Waals surface area contributed by atoms with Crippen molar-refractivity contribution in [1.29, 1.82) is 10.5 Å². The molecule has 2 heteroatoms. The minimum absolute atomic E-state index is 0.259. The number of fused-ring (bicyclic) bond motifs is 5. The number of hydrogen-bond donors (Lipinski definition) is 0. The molecule has 0 spiro atoms. The lowest BCUT2D eigenvalue weighted by Crippen LogP contribution is -2.34. The van der Waals surface area contributed by atoms with Gasteiger partial charge in [-0.15, -0.1) is 0 Å².